The van der Waals surface area contributed by atoms with Crippen LogP contribution in [0.3, 0.4) is 0 Å². The maximum Gasteiger partial charge on any atom is 0.150 e. The first kappa shape index (κ1) is 13.0. The van der Waals surface area contributed by atoms with Gasteiger partial charge in [-0.2, -0.15) is 0 Å². The van der Waals surface area contributed by atoms with Crippen LogP contribution in [0, 0.1) is 5.92 Å². The third kappa shape index (κ3) is 4.51. The quantitative estimate of drug-likeness (QED) is 0.633. The van der Waals surface area contributed by atoms with E-state index in [1.165, 1.54) is 0 Å². The van der Waals surface area contributed by atoms with Crippen LogP contribution in [0.1, 0.15) is 39.5 Å². The number of hydrogen-bond acceptors (Lipinski definition) is 3. The van der Waals surface area contributed by atoms with Crippen molar-refractivity contribution in [3.63, 3.8) is 0 Å². The standard InChI is InChI=1S/C11H22O3S/c1-3-5-6-14-11-7-10(8-11)9-15(12,13)4-2/h10-11H,3-9H2,1-2H3. The first-order chi connectivity index (χ1) is 7.07. The summed E-state index contributed by atoms with van der Waals surface area (Å²) in [5, 5.41) is 0. The van der Waals surface area contributed by atoms with Crippen molar-refractivity contribution in [2.75, 3.05) is 18.1 Å². The molecule has 90 valence electrons. The van der Waals surface area contributed by atoms with Gasteiger partial charge in [0.25, 0.3) is 0 Å². The highest BCUT2D eigenvalue weighted by atomic mass is 32.2. The van der Waals surface area contributed by atoms with E-state index in [4.69, 9.17) is 4.74 Å². The van der Waals surface area contributed by atoms with Gasteiger partial charge < -0.3 is 4.74 Å². The van der Waals surface area contributed by atoms with Gasteiger partial charge in [-0.15, -0.1) is 0 Å². The summed E-state index contributed by atoms with van der Waals surface area (Å²) in [7, 11) is -2.78. The zero-order chi connectivity index (χ0) is 11.3. The third-order valence-corrected chi connectivity index (χ3v) is 4.83. The van der Waals surface area contributed by atoms with Crippen LogP contribution in [-0.2, 0) is 14.6 Å². The molecule has 0 aromatic heterocycles. The molecule has 1 saturated carbocycles. The smallest absolute Gasteiger partial charge is 0.150 e. The Morgan fingerprint density at radius 2 is 1.93 bits per heavy atom. The van der Waals surface area contributed by atoms with Crippen LogP contribution in [0.2, 0.25) is 0 Å². The highest BCUT2D eigenvalue weighted by Gasteiger charge is 2.32. The largest absolute Gasteiger partial charge is 0.378 e. The lowest BCUT2D eigenvalue weighted by molar-refractivity contribution is -0.0253. The molecule has 0 N–H and O–H groups in total. The lowest BCUT2D eigenvalue weighted by atomic mass is 9.84. The van der Waals surface area contributed by atoms with Crippen molar-refractivity contribution in [1.29, 1.82) is 0 Å². The molecule has 1 aliphatic rings. The molecular formula is C11H22O3S. The minimum Gasteiger partial charge on any atom is -0.378 e. The van der Waals surface area contributed by atoms with Crippen molar-refractivity contribution in [3.8, 4) is 0 Å². The number of ether oxygens (including phenoxy) is 1. The molecule has 0 aromatic rings. The molecule has 1 fully saturated rings. The zero-order valence-corrected chi connectivity index (χ0v) is 10.6. The summed E-state index contributed by atoms with van der Waals surface area (Å²) in [5.74, 6) is 0.976. The fourth-order valence-corrected chi connectivity index (χ4v) is 3.04. The lowest BCUT2D eigenvalue weighted by Gasteiger charge is -2.34. The Bertz CT molecular complexity index is 266. The molecular weight excluding hydrogens is 212 g/mol. The van der Waals surface area contributed by atoms with Crippen LogP contribution >= 0.6 is 0 Å². The van der Waals surface area contributed by atoms with E-state index in [1.807, 2.05) is 0 Å². The van der Waals surface area contributed by atoms with E-state index in [-0.39, 0.29) is 5.75 Å². The van der Waals surface area contributed by atoms with Gasteiger partial charge in [-0.3, -0.25) is 0 Å². The second-order valence-electron chi connectivity index (χ2n) is 4.38. The van der Waals surface area contributed by atoms with E-state index in [2.05, 4.69) is 6.92 Å². The molecule has 0 radical (unpaired) electrons. The molecule has 4 heteroatoms. The second kappa shape index (κ2) is 5.85. The molecule has 0 heterocycles. The normalized spacial score (nSPS) is 26.3. The minimum absolute atomic E-state index is 0.269. The molecule has 15 heavy (non-hydrogen) atoms. The van der Waals surface area contributed by atoms with Crippen molar-refractivity contribution in [2.24, 2.45) is 5.92 Å². The van der Waals surface area contributed by atoms with Gasteiger partial charge in [-0.1, -0.05) is 20.3 Å². The summed E-state index contributed by atoms with van der Waals surface area (Å²) >= 11 is 0. The van der Waals surface area contributed by atoms with Gasteiger partial charge >= 0.3 is 0 Å². The van der Waals surface area contributed by atoms with Crippen molar-refractivity contribution in [3.05, 3.63) is 0 Å². The second-order valence-corrected chi connectivity index (χ2v) is 6.78. The Balaban J connectivity index is 2.10. The predicted molar refractivity (Wildman–Crippen MR) is 61.7 cm³/mol. The number of unbranched alkanes of at least 4 members (excludes halogenated alkanes) is 1. The molecule has 0 aliphatic heterocycles. The molecule has 0 saturated heterocycles. The molecule has 1 aliphatic carbocycles. The number of rotatable bonds is 7. The van der Waals surface area contributed by atoms with Crippen molar-refractivity contribution < 1.29 is 13.2 Å². The third-order valence-electron chi connectivity index (χ3n) is 2.97. The average Bonchev–Trinajstić information content (AvgIpc) is 2.14. The van der Waals surface area contributed by atoms with Crippen LogP contribution in [0.25, 0.3) is 0 Å². The van der Waals surface area contributed by atoms with Crippen molar-refractivity contribution >= 4 is 9.84 Å². The Hall–Kier alpha value is -0.0900. The van der Waals surface area contributed by atoms with Crippen molar-refractivity contribution in [2.45, 2.75) is 45.6 Å². The highest BCUT2D eigenvalue weighted by Crippen LogP contribution is 2.31. The van der Waals surface area contributed by atoms with Crippen LogP contribution in [0.4, 0.5) is 0 Å². The van der Waals surface area contributed by atoms with E-state index >= 15 is 0 Å². The molecule has 3 nitrogen and oxygen atoms in total. The van der Waals surface area contributed by atoms with Crippen LogP contribution < -0.4 is 0 Å². The minimum atomic E-state index is -2.78. The highest BCUT2D eigenvalue weighted by molar-refractivity contribution is 7.91. The molecule has 0 unspecified atom stereocenters. The van der Waals surface area contributed by atoms with E-state index in [1.54, 1.807) is 6.92 Å². The Kier molecular flexibility index (Phi) is 5.06. The summed E-state index contributed by atoms with van der Waals surface area (Å²) in [6.07, 6.45) is 4.45. The maximum absolute atomic E-state index is 11.3. The molecule has 0 atom stereocenters. The fraction of sp³-hybridized carbons (Fsp3) is 1.00. The van der Waals surface area contributed by atoms with Gasteiger partial charge in [0.1, 0.15) is 9.84 Å². The van der Waals surface area contributed by atoms with Gasteiger partial charge in [0.05, 0.1) is 11.9 Å². The fourth-order valence-electron chi connectivity index (χ4n) is 1.82. The topological polar surface area (TPSA) is 43.4 Å². The Morgan fingerprint density at radius 3 is 2.47 bits per heavy atom. The summed E-state index contributed by atoms with van der Waals surface area (Å²) < 4.78 is 28.3. The summed E-state index contributed by atoms with van der Waals surface area (Å²) in [5.41, 5.74) is 0. The lowest BCUT2D eigenvalue weighted by Crippen LogP contribution is -2.36. The zero-order valence-electron chi connectivity index (χ0n) is 9.74. The van der Waals surface area contributed by atoms with Gasteiger partial charge in [0, 0.05) is 12.4 Å². The average molecular weight is 234 g/mol. The monoisotopic (exact) mass is 234 g/mol. The van der Waals surface area contributed by atoms with Crippen LogP contribution in [0.5, 0.6) is 0 Å². The number of sulfone groups is 1. The van der Waals surface area contributed by atoms with Crippen LogP contribution in [0.15, 0.2) is 0 Å². The molecule has 0 bridgehead atoms. The van der Waals surface area contributed by atoms with Crippen LogP contribution in [-0.4, -0.2) is 32.6 Å². The molecule has 0 amide bonds. The van der Waals surface area contributed by atoms with Crippen molar-refractivity contribution in [1.82, 2.24) is 0 Å². The van der Waals surface area contributed by atoms with E-state index in [0.717, 1.165) is 32.3 Å². The molecule has 0 spiro atoms. The van der Waals surface area contributed by atoms with E-state index < -0.39 is 9.84 Å². The first-order valence-electron chi connectivity index (χ1n) is 5.89. The summed E-state index contributed by atoms with van der Waals surface area (Å²) in [6, 6.07) is 0. The SMILES string of the molecule is CCCCOC1CC(CS(=O)(=O)CC)C1. The molecule has 1 rings (SSSR count). The molecule has 0 aromatic carbocycles. The van der Waals surface area contributed by atoms with Gasteiger partial charge in [0.2, 0.25) is 0 Å². The first-order valence-corrected chi connectivity index (χ1v) is 7.71. The van der Waals surface area contributed by atoms with Gasteiger partial charge in [-0.05, 0) is 25.2 Å². The van der Waals surface area contributed by atoms with Gasteiger partial charge in [0.15, 0.2) is 0 Å². The maximum atomic E-state index is 11.3. The predicted octanol–water partition coefficient (Wildman–Crippen LogP) is 2.02. The van der Waals surface area contributed by atoms with Gasteiger partial charge in [-0.25, -0.2) is 8.42 Å². The summed E-state index contributed by atoms with van der Waals surface area (Å²) in [4.78, 5) is 0. The Labute approximate surface area is 93.1 Å². The summed E-state index contributed by atoms with van der Waals surface area (Å²) in [6.45, 7) is 4.68. The van der Waals surface area contributed by atoms with E-state index in [9.17, 15) is 8.42 Å². The number of hydrogen-bond donors (Lipinski definition) is 0. The van der Waals surface area contributed by atoms with E-state index in [0.29, 0.717) is 17.8 Å². The Morgan fingerprint density at radius 1 is 1.27 bits per heavy atom.